The van der Waals surface area contributed by atoms with Crippen molar-refractivity contribution in [3.8, 4) is 5.75 Å². The molecule has 1 aliphatic heterocycles. The zero-order chi connectivity index (χ0) is 19.3. The minimum absolute atomic E-state index is 0.113. The lowest BCUT2D eigenvalue weighted by atomic mass is 10.2. The highest BCUT2D eigenvalue weighted by Crippen LogP contribution is 2.24. The molecule has 2 heterocycles. The third-order valence-electron chi connectivity index (χ3n) is 3.85. The number of nitrogens with one attached hydrogen (secondary N) is 1. The minimum atomic E-state index is -3.74. The number of carbonyl (C=O) groups is 1. The van der Waals surface area contributed by atoms with Crippen molar-refractivity contribution in [2.45, 2.75) is 23.8 Å². The molecule has 3 rings (SSSR count). The number of nitrogens with zero attached hydrogens (tertiary/aromatic N) is 3. The Kier molecular flexibility index (Phi) is 6.37. The van der Waals surface area contributed by atoms with Gasteiger partial charge in [0.15, 0.2) is 6.10 Å². The maximum atomic E-state index is 12.6. The van der Waals surface area contributed by atoms with Gasteiger partial charge in [-0.2, -0.15) is 4.31 Å². The summed E-state index contributed by atoms with van der Waals surface area (Å²) in [6, 6.07) is 8.99. The summed E-state index contributed by atoms with van der Waals surface area (Å²) in [6.07, 6.45) is -0.283. The van der Waals surface area contributed by atoms with Crippen LogP contribution < -0.4 is 10.1 Å². The first-order valence-corrected chi connectivity index (χ1v) is 10.7. The number of para-hydroxylation sites is 1. The fraction of sp³-hybridized carbons (Fsp3) is 0.438. The van der Waals surface area contributed by atoms with Crippen molar-refractivity contribution in [2.24, 2.45) is 0 Å². The standard InChI is InChI=1S/C16H20N4O5S2/c1-2-13(25-12-6-4-3-5-7-12)14(21)17-15-18-19-16(26-15)27(22,23)20-8-10-24-11-9-20/h3-7,13H,2,8-11H2,1H3,(H,17,18,21)/t13-/m1/s1. The summed E-state index contributed by atoms with van der Waals surface area (Å²) < 4.78 is 37.1. The highest BCUT2D eigenvalue weighted by molar-refractivity contribution is 7.91. The molecule has 1 amide bonds. The van der Waals surface area contributed by atoms with Crippen molar-refractivity contribution >= 4 is 32.4 Å². The van der Waals surface area contributed by atoms with Gasteiger partial charge in [-0.25, -0.2) is 8.42 Å². The molecule has 1 aromatic carbocycles. The average Bonchev–Trinajstić information content (AvgIpc) is 3.17. The van der Waals surface area contributed by atoms with Crippen molar-refractivity contribution in [3.63, 3.8) is 0 Å². The molecule has 0 spiro atoms. The Morgan fingerprint density at radius 3 is 2.67 bits per heavy atom. The van der Waals surface area contributed by atoms with Crippen LogP contribution in [-0.2, 0) is 19.6 Å². The van der Waals surface area contributed by atoms with Gasteiger partial charge in [0.25, 0.3) is 15.9 Å². The normalized spacial score (nSPS) is 16.6. The Balaban J connectivity index is 1.66. The molecule has 1 atom stereocenters. The van der Waals surface area contributed by atoms with Crippen molar-refractivity contribution in [3.05, 3.63) is 30.3 Å². The fourth-order valence-corrected chi connectivity index (χ4v) is 4.88. The largest absolute Gasteiger partial charge is 0.481 e. The molecule has 0 saturated carbocycles. The van der Waals surface area contributed by atoms with Gasteiger partial charge < -0.3 is 9.47 Å². The predicted octanol–water partition coefficient (Wildman–Crippen LogP) is 1.36. The van der Waals surface area contributed by atoms with Crippen LogP contribution in [0.1, 0.15) is 13.3 Å². The molecule has 0 bridgehead atoms. The van der Waals surface area contributed by atoms with E-state index in [9.17, 15) is 13.2 Å². The second-order valence-electron chi connectivity index (χ2n) is 5.71. The Bertz CT molecular complexity index is 866. The van der Waals surface area contributed by atoms with Gasteiger partial charge in [-0.3, -0.25) is 10.1 Å². The number of hydrogen-bond donors (Lipinski definition) is 1. The lowest BCUT2D eigenvalue weighted by Crippen LogP contribution is -2.40. The Morgan fingerprint density at radius 2 is 2.00 bits per heavy atom. The van der Waals surface area contributed by atoms with Crippen molar-refractivity contribution < 1.29 is 22.7 Å². The number of carbonyl (C=O) groups excluding carboxylic acids is 1. The second kappa shape index (κ2) is 8.74. The van der Waals surface area contributed by atoms with Crippen LogP contribution in [0, 0.1) is 0 Å². The lowest BCUT2D eigenvalue weighted by Gasteiger charge is -2.24. The average molecular weight is 412 g/mol. The van der Waals surface area contributed by atoms with Crippen LogP contribution >= 0.6 is 11.3 Å². The zero-order valence-corrected chi connectivity index (χ0v) is 16.3. The van der Waals surface area contributed by atoms with E-state index in [-0.39, 0.29) is 22.6 Å². The molecule has 0 unspecified atom stereocenters. The molecule has 1 aliphatic rings. The molecular formula is C16H20N4O5S2. The van der Waals surface area contributed by atoms with Gasteiger partial charge in [-0.1, -0.05) is 36.5 Å². The number of morpholine rings is 1. The first-order valence-electron chi connectivity index (χ1n) is 8.44. The Hall–Kier alpha value is -2.08. The van der Waals surface area contributed by atoms with Gasteiger partial charge in [0.2, 0.25) is 9.47 Å². The van der Waals surface area contributed by atoms with E-state index in [1.165, 1.54) is 4.31 Å². The summed E-state index contributed by atoms with van der Waals surface area (Å²) in [5.74, 6) is 0.167. The number of benzene rings is 1. The van der Waals surface area contributed by atoms with Gasteiger partial charge in [0.05, 0.1) is 13.2 Å². The van der Waals surface area contributed by atoms with Crippen LogP contribution in [0.25, 0.3) is 0 Å². The van der Waals surface area contributed by atoms with Crippen LogP contribution in [0.3, 0.4) is 0 Å². The van der Waals surface area contributed by atoms with E-state index in [1.807, 2.05) is 25.1 Å². The zero-order valence-electron chi connectivity index (χ0n) is 14.7. The van der Waals surface area contributed by atoms with Gasteiger partial charge in [0, 0.05) is 13.1 Å². The van der Waals surface area contributed by atoms with E-state index >= 15 is 0 Å². The molecule has 1 N–H and O–H groups in total. The first kappa shape index (κ1) is 19.7. The third-order valence-corrected chi connectivity index (χ3v) is 6.94. The van der Waals surface area contributed by atoms with Gasteiger partial charge in [0.1, 0.15) is 5.75 Å². The van der Waals surface area contributed by atoms with E-state index < -0.39 is 22.0 Å². The molecule has 1 saturated heterocycles. The summed E-state index contributed by atoms with van der Waals surface area (Å²) in [4.78, 5) is 12.4. The molecule has 11 heteroatoms. The first-order chi connectivity index (χ1) is 13.0. The van der Waals surface area contributed by atoms with Crippen molar-refractivity contribution in [1.82, 2.24) is 14.5 Å². The van der Waals surface area contributed by atoms with Crippen LogP contribution in [0.5, 0.6) is 5.75 Å². The molecule has 1 aromatic heterocycles. The topological polar surface area (TPSA) is 111 Å². The maximum Gasteiger partial charge on any atom is 0.272 e. The number of ether oxygens (including phenoxy) is 2. The third kappa shape index (κ3) is 4.80. The highest BCUT2D eigenvalue weighted by Gasteiger charge is 2.30. The predicted molar refractivity (Wildman–Crippen MR) is 99.3 cm³/mol. The summed E-state index contributed by atoms with van der Waals surface area (Å²) in [6.45, 7) is 3.05. The minimum Gasteiger partial charge on any atom is -0.481 e. The second-order valence-corrected chi connectivity index (χ2v) is 8.80. The number of anilines is 1. The van der Waals surface area contributed by atoms with E-state index in [0.29, 0.717) is 25.4 Å². The number of rotatable bonds is 7. The Labute approximate surface area is 161 Å². The molecule has 1 fully saturated rings. The highest BCUT2D eigenvalue weighted by atomic mass is 32.2. The van der Waals surface area contributed by atoms with Crippen LogP contribution in [-0.4, -0.2) is 61.2 Å². The summed E-state index contributed by atoms with van der Waals surface area (Å²) in [5, 5.41) is 10.2. The monoisotopic (exact) mass is 412 g/mol. The summed E-state index contributed by atoms with van der Waals surface area (Å²) in [5.41, 5.74) is 0. The van der Waals surface area contributed by atoms with Crippen LogP contribution in [0.4, 0.5) is 5.13 Å². The quantitative estimate of drug-likeness (QED) is 0.684. The SMILES string of the molecule is CC[C@@H](Oc1ccccc1)C(=O)Nc1nnc(S(=O)(=O)N2CCOCC2)s1. The molecule has 27 heavy (non-hydrogen) atoms. The molecule has 2 aromatic rings. The maximum absolute atomic E-state index is 12.6. The number of hydrogen-bond acceptors (Lipinski definition) is 8. The number of aromatic nitrogens is 2. The summed E-state index contributed by atoms with van der Waals surface area (Å²) >= 11 is 0.816. The Morgan fingerprint density at radius 1 is 1.30 bits per heavy atom. The van der Waals surface area contributed by atoms with E-state index in [4.69, 9.17) is 9.47 Å². The summed E-state index contributed by atoms with van der Waals surface area (Å²) in [7, 11) is -3.74. The molecule has 0 aliphatic carbocycles. The smallest absolute Gasteiger partial charge is 0.272 e. The lowest BCUT2D eigenvalue weighted by molar-refractivity contribution is -0.122. The van der Waals surface area contributed by atoms with E-state index in [0.717, 1.165) is 11.3 Å². The molecule has 9 nitrogen and oxygen atoms in total. The molecular weight excluding hydrogens is 392 g/mol. The van der Waals surface area contributed by atoms with Gasteiger partial charge >= 0.3 is 0 Å². The van der Waals surface area contributed by atoms with Crippen LogP contribution in [0.15, 0.2) is 34.7 Å². The van der Waals surface area contributed by atoms with E-state index in [2.05, 4.69) is 15.5 Å². The number of amides is 1. The van der Waals surface area contributed by atoms with Crippen molar-refractivity contribution in [1.29, 1.82) is 0 Å². The van der Waals surface area contributed by atoms with E-state index in [1.54, 1.807) is 12.1 Å². The van der Waals surface area contributed by atoms with Crippen molar-refractivity contribution in [2.75, 3.05) is 31.6 Å². The fourth-order valence-electron chi connectivity index (χ4n) is 2.43. The van der Waals surface area contributed by atoms with Gasteiger partial charge in [-0.05, 0) is 18.6 Å². The number of sulfonamides is 1. The molecule has 0 radical (unpaired) electrons. The molecule has 146 valence electrons. The van der Waals surface area contributed by atoms with Gasteiger partial charge in [-0.15, -0.1) is 10.2 Å². The van der Waals surface area contributed by atoms with Crippen LogP contribution in [0.2, 0.25) is 0 Å².